The number of benzene rings is 2. The lowest BCUT2D eigenvalue weighted by Gasteiger charge is -2.25. The Hall–Kier alpha value is -3.45. The third-order valence-electron chi connectivity index (χ3n) is 5.39. The molecule has 1 saturated heterocycles. The quantitative estimate of drug-likeness (QED) is 0.281. The van der Waals surface area contributed by atoms with Crippen molar-refractivity contribution in [3.63, 3.8) is 0 Å². The van der Waals surface area contributed by atoms with E-state index in [9.17, 15) is 19.1 Å². The van der Waals surface area contributed by atoms with Gasteiger partial charge in [-0.1, -0.05) is 26.0 Å². The Morgan fingerprint density at radius 1 is 1.15 bits per heavy atom. The van der Waals surface area contributed by atoms with E-state index in [1.807, 2.05) is 32.2 Å². The number of ketones is 1. The Bertz CT molecular complexity index is 1230. The van der Waals surface area contributed by atoms with E-state index in [2.05, 4.69) is 0 Å². The highest BCUT2D eigenvalue weighted by Crippen LogP contribution is 2.45. The molecule has 4 rings (SSSR count). The molecule has 0 saturated carbocycles. The fraction of sp³-hybridized carbons (Fsp3) is 0.231. The number of carbonyl (C=O) groups excluding carboxylic acids is 2. The predicted molar refractivity (Wildman–Crippen MR) is 127 cm³/mol. The number of ether oxygens (including phenoxy) is 1. The van der Waals surface area contributed by atoms with Crippen molar-refractivity contribution in [2.45, 2.75) is 26.8 Å². The van der Waals surface area contributed by atoms with Gasteiger partial charge in [0.2, 0.25) is 0 Å². The van der Waals surface area contributed by atoms with Crippen molar-refractivity contribution < 1.29 is 23.8 Å². The van der Waals surface area contributed by atoms with Gasteiger partial charge in [0.1, 0.15) is 23.4 Å². The first-order chi connectivity index (χ1) is 15.8. The van der Waals surface area contributed by atoms with Crippen molar-refractivity contribution in [1.29, 1.82) is 0 Å². The van der Waals surface area contributed by atoms with Crippen LogP contribution in [0.25, 0.3) is 5.76 Å². The van der Waals surface area contributed by atoms with E-state index in [0.29, 0.717) is 29.5 Å². The van der Waals surface area contributed by atoms with E-state index in [-0.39, 0.29) is 11.3 Å². The monoisotopic (exact) mass is 465 g/mol. The van der Waals surface area contributed by atoms with Crippen LogP contribution in [0.1, 0.15) is 35.9 Å². The number of aryl methyl sites for hydroxylation is 1. The summed E-state index contributed by atoms with van der Waals surface area (Å²) < 4.78 is 19.3. The summed E-state index contributed by atoms with van der Waals surface area (Å²) >= 11 is 1.39. The molecule has 0 aliphatic carbocycles. The van der Waals surface area contributed by atoms with Gasteiger partial charge in [-0.05, 0) is 66.2 Å². The van der Waals surface area contributed by atoms with Gasteiger partial charge >= 0.3 is 0 Å². The Morgan fingerprint density at radius 3 is 2.52 bits per heavy atom. The smallest absolute Gasteiger partial charge is 0.300 e. The van der Waals surface area contributed by atoms with Crippen molar-refractivity contribution in [3.05, 3.63) is 87.4 Å². The molecule has 0 bridgehead atoms. The first-order valence-electron chi connectivity index (χ1n) is 10.6. The minimum Gasteiger partial charge on any atom is -0.507 e. The lowest BCUT2D eigenvalue weighted by Crippen LogP contribution is -2.29. The van der Waals surface area contributed by atoms with Gasteiger partial charge in [-0.3, -0.25) is 14.5 Å². The third kappa shape index (κ3) is 4.41. The molecule has 33 heavy (non-hydrogen) atoms. The van der Waals surface area contributed by atoms with Gasteiger partial charge in [0.15, 0.2) is 0 Å². The molecule has 2 aromatic carbocycles. The fourth-order valence-electron chi connectivity index (χ4n) is 3.76. The number of anilines is 1. The molecule has 2 heterocycles. The Morgan fingerprint density at radius 2 is 1.88 bits per heavy atom. The highest BCUT2D eigenvalue weighted by Gasteiger charge is 2.47. The van der Waals surface area contributed by atoms with Crippen LogP contribution < -0.4 is 9.64 Å². The van der Waals surface area contributed by atoms with Gasteiger partial charge in [-0.25, -0.2) is 4.39 Å². The second-order valence-corrected chi connectivity index (χ2v) is 9.29. The summed E-state index contributed by atoms with van der Waals surface area (Å²) in [5.41, 5.74) is 1.65. The number of aliphatic hydroxyl groups is 1. The van der Waals surface area contributed by atoms with Crippen molar-refractivity contribution in [2.24, 2.45) is 5.92 Å². The molecule has 1 unspecified atom stereocenters. The summed E-state index contributed by atoms with van der Waals surface area (Å²) in [5.74, 6) is -1.39. The van der Waals surface area contributed by atoms with Gasteiger partial charge in [0.25, 0.3) is 11.7 Å². The van der Waals surface area contributed by atoms with Crippen LogP contribution in [0, 0.1) is 18.7 Å². The minimum absolute atomic E-state index is 0.00381. The van der Waals surface area contributed by atoms with Crippen molar-refractivity contribution in [1.82, 2.24) is 0 Å². The maximum absolute atomic E-state index is 13.5. The molecule has 1 aromatic heterocycles. The largest absolute Gasteiger partial charge is 0.507 e. The molecular weight excluding hydrogens is 441 g/mol. The van der Waals surface area contributed by atoms with Crippen LogP contribution in [0.2, 0.25) is 0 Å². The summed E-state index contributed by atoms with van der Waals surface area (Å²) in [6.45, 7) is 6.46. The summed E-state index contributed by atoms with van der Waals surface area (Å²) in [6.07, 6.45) is 0. The van der Waals surface area contributed by atoms with Crippen LogP contribution in [0.4, 0.5) is 10.1 Å². The van der Waals surface area contributed by atoms with Crippen LogP contribution in [0.3, 0.4) is 0 Å². The summed E-state index contributed by atoms with van der Waals surface area (Å²) in [5, 5.41) is 13.1. The molecule has 1 amide bonds. The highest BCUT2D eigenvalue weighted by atomic mass is 32.1. The van der Waals surface area contributed by atoms with Gasteiger partial charge in [-0.15, -0.1) is 11.3 Å². The minimum atomic E-state index is -0.823. The number of halogens is 1. The van der Waals surface area contributed by atoms with Crippen LogP contribution in [-0.4, -0.2) is 23.4 Å². The second kappa shape index (κ2) is 9.19. The Kier molecular flexibility index (Phi) is 6.33. The van der Waals surface area contributed by atoms with Gasteiger partial charge in [0, 0.05) is 16.1 Å². The van der Waals surface area contributed by atoms with Crippen molar-refractivity contribution in [2.75, 3.05) is 11.5 Å². The number of carbonyl (C=O) groups is 2. The zero-order chi connectivity index (χ0) is 23.7. The predicted octanol–water partition coefficient (Wildman–Crippen LogP) is 5.86. The molecule has 7 heteroatoms. The molecule has 0 radical (unpaired) electrons. The zero-order valence-corrected chi connectivity index (χ0v) is 19.4. The Balaban J connectivity index is 1.85. The third-order valence-corrected chi connectivity index (χ3v) is 6.46. The fourth-order valence-corrected chi connectivity index (χ4v) is 4.79. The van der Waals surface area contributed by atoms with Gasteiger partial charge in [-0.2, -0.15) is 0 Å². The maximum atomic E-state index is 13.5. The van der Waals surface area contributed by atoms with E-state index in [0.717, 1.165) is 10.4 Å². The summed E-state index contributed by atoms with van der Waals surface area (Å²) in [6, 6.07) is 13.3. The number of thiophene rings is 1. The van der Waals surface area contributed by atoms with E-state index in [1.165, 1.54) is 40.5 Å². The van der Waals surface area contributed by atoms with E-state index in [4.69, 9.17) is 4.74 Å². The maximum Gasteiger partial charge on any atom is 0.300 e. The van der Waals surface area contributed by atoms with Crippen LogP contribution in [-0.2, 0) is 9.59 Å². The molecule has 170 valence electrons. The number of hydrogen-bond donors (Lipinski definition) is 1. The average molecular weight is 466 g/mol. The molecule has 0 spiro atoms. The van der Waals surface area contributed by atoms with Crippen LogP contribution >= 0.6 is 11.3 Å². The standard InChI is InChI=1S/C26H24FNO4S/c1-15(2)14-32-20-6-4-5-17(13-20)23(29)21-22(25-16(3)11-12-33-25)28(26(31)24(21)30)19-9-7-18(27)8-10-19/h4-13,15,22,29H,14H2,1-3H3/b23-21-. The number of aliphatic hydroxyl groups excluding tert-OH is 1. The number of Topliss-reactive ketones (excluding diaryl/α,β-unsaturated/α-hetero) is 1. The first-order valence-corrected chi connectivity index (χ1v) is 11.5. The summed E-state index contributed by atoms with van der Waals surface area (Å²) in [4.78, 5) is 28.4. The average Bonchev–Trinajstić information content (AvgIpc) is 3.33. The molecule has 1 atom stereocenters. The number of amides is 1. The highest BCUT2D eigenvalue weighted by molar-refractivity contribution is 7.10. The topological polar surface area (TPSA) is 66.8 Å². The van der Waals surface area contributed by atoms with Crippen molar-refractivity contribution >= 4 is 34.5 Å². The number of hydrogen-bond acceptors (Lipinski definition) is 5. The van der Waals surface area contributed by atoms with E-state index >= 15 is 0 Å². The van der Waals surface area contributed by atoms with Crippen LogP contribution in [0.5, 0.6) is 5.75 Å². The van der Waals surface area contributed by atoms with E-state index < -0.39 is 23.5 Å². The number of rotatable bonds is 6. The molecule has 1 fully saturated rings. The van der Waals surface area contributed by atoms with Gasteiger partial charge < -0.3 is 9.84 Å². The first kappa shape index (κ1) is 22.7. The molecule has 1 aliphatic rings. The Labute approximate surface area is 195 Å². The molecule has 5 nitrogen and oxygen atoms in total. The van der Waals surface area contributed by atoms with Crippen molar-refractivity contribution in [3.8, 4) is 5.75 Å². The zero-order valence-electron chi connectivity index (χ0n) is 18.5. The second-order valence-electron chi connectivity index (χ2n) is 8.35. The van der Waals surface area contributed by atoms with E-state index in [1.54, 1.807) is 24.3 Å². The van der Waals surface area contributed by atoms with Crippen LogP contribution in [0.15, 0.2) is 65.6 Å². The lowest BCUT2D eigenvalue weighted by atomic mass is 9.98. The van der Waals surface area contributed by atoms with Gasteiger partial charge in [0.05, 0.1) is 12.2 Å². The molecule has 3 aromatic rings. The summed E-state index contributed by atoms with van der Waals surface area (Å²) in [7, 11) is 0. The molecule has 1 aliphatic heterocycles. The normalized spacial score (nSPS) is 17.7. The molecular formula is C26H24FNO4S. The number of nitrogens with zero attached hydrogens (tertiary/aromatic N) is 1. The SMILES string of the molecule is Cc1ccsc1C1/C(=C(/O)c2cccc(OCC(C)C)c2)C(=O)C(=O)N1c1ccc(F)cc1. The molecule has 1 N–H and O–H groups in total. The lowest BCUT2D eigenvalue weighted by molar-refractivity contribution is -0.132.